The van der Waals surface area contributed by atoms with Gasteiger partial charge in [0.15, 0.2) is 0 Å². The van der Waals surface area contributed by atoms with Gasteiger partial charge in [0.2, 0.25) is 0 Å². The number of anilines is 2. The molecule has 6 heteroatoms. The topological polar surface area (TPSA) is 32.5 Å². The number of rotatable bonds is 4. The molecule has 28 heavy (non-hydrogen) atoms. The molecule has 0 spiro atoms. The molecule has 3 atom stereocenters. The largest absolute Gasteiger partial charge is 0.389 e. The van der Waals surface area contributed by atoms with Crippen LogP contribution in [-0.4, -0.2) is 34.6 Å². The Bertz CT molecular complexity index is 863. The maximum Gasteiger partial charge on any atom is 0.104 e. The molecule has 150 valence electrons. The first kappa shape index (κ1) is 21.4. The molecule has 2 aromatic carbocycles. The number of halogens is 1. The molecule has 2 N–H and O–H groups in total. The third-order valence-electron chi connectivity index (χ3n) is 5.90. The summed E-state index contributed by atoms with van der Waals surface area (Å²) in [5, 5.41) is 0. The summed E-state index contributed by atoms with van der Waals surface area (Å²) in [6, 6.07) is 16.7. The fraction of sp³-hybridized carbons (Fsp3) is 0.409. The highest BCUT2D eigenvalue weighted by molar-refractivity contribution is 7.99. The first-order valence-corrected chi connectivity index (χ1v) is 10.9. The van der Waals surface area contributed by atoms with Crippen molar-refractivity contribution in [3.63, 3.8) is 0 Å². The molecule has 0 bridgehead atoms. The molecule has 0 radical (unpaired) electrons. The molecule has 1 fully saturated rings. The summed E-state index contributed by atoms with van der Waals surface area (Å²) in [7, 11) is 0. The zero-order valence-electron chi connectivity index (χ0n) is 16.6. The van der Waals surface area contributed by atoms with Crippen LogP contribution in [0.1, 0.15) is 39.2 Å². The van der Waals surface area contributed by atoms with Crippen molar-refractivity contribution in [1.29, 1.82) is 0 Å². The summed E-state index contributed by atoms with van der Waals surface area (Å²) in [5.41, 5.74) is 9.36. The molecule has 2 aromatic rings. The fourth-order valence-electron chi connectivity index (χ4n) is 4.41. The Morgan fingerprint density at radius 3 is 2.43 bits per heavy atom. The standard InChI is InChI=1S/C22H27N3S2.ClH/c1-14-8-9-15(2)24(14)13-16(3)25-18-6-4-5-7-20(18)27-21-11-10-17(22(23)26)12-19(21)25;/h4-7,10-12,14-16H,8-9,13H2,1-3H3,(H2,23,26);1H. The van der Waals surface area contributed by atoms with Crippen molar-refractivity contribution in [3.8, 4) is 0 Å². The lowest BCUT2D eigenvalue weighted by molar-refractivity contribution is 0.204. The zero-order chi connectivity index (χ0) is 19.1. The van der Waals surface area contributed by atoms with E-state index < -0.39 is 0 Å². The number of para-hydroxylation sites is 1. The van der Waals surface area contributed by atoms with Crippen LogP contribution >= 0.6 is 36.4 Å². The SMILES string of the molecule is CC(CN1C(C)CCC1C)N1c2ccccc2Sc2ccc(C(N)=S)cc21.Cl. The molecule has 0 aromatic heterocycles. The molecule has 0 aliphatic carbocycles. The van der Waals surface area contributed by atoms with Gasteiger partial charge in [0.1, 0.15) is 4.99 Å². The van der Waals surface area contributed by atoms with Crippen molar-refractivity contribution in [3.05, 3.63) is 48.0 Å². The smallest absolute Gasteiger partial charge is 0.104 e. The summed E-state index contributed by atoms with van der Waals surface area (Å²) in [4.78, 5) is 8.17. The second-order valence-corrected chi connectivity index (χ2v) is 9.33. The van der Waals surface area contributed by atoms with Crippen LogP contribution in [0, 0.1) is 0 Å². The first-order chi connectivity index (χ1) is 13.0. The summed E-state index contributed by atoms with van der Waals surface area (Å²) >= 11 is 7.07. The van der Waals surface area contributed by atoms with E-state index in [1.54, 1.807) is 0 Å². The predicted molar refractivity (Wildman–Crippen MR) is 127 cm³/mol. The number of likely N-dealkylation sites (tertiary alicyclic amines) is 1. The maximum absolute atomic E-state index is 5.93. The molecule has 4 rings (SSSR count). The van der Waals surface area contributed by atoms with E-state index in [4.69, 9.17) is 18.0 Å². The Balaban J connectivity index is 0.00000225. The second kappa shape index (κ2) is 8.62. The maximum atomic E-state index is 5.93. The van der Waals surface area contributed by atoms with E-state index >= 15 is 0 Å². The third kappa shape index (κ3) is 3.90. The molecule has 2 heterocycles. The highest BCUT2D eigenvalue weighted by Crippen LogP contribution is 2.49. The van der Waals surface area contributed by atoms with E-state index in [1.165, 1.54) is 34.0 Å². The molecule has 1 saturated heterocycles. The van der Waals surface area contributed by atoms with E-state index in [2.05, 4.69) is 67.0 Å². The Morgan fingerprint density at radius 2 is 1.75 bits per heavy atom. The molecule has 2 aliphatic rings. The number of nitrogens with zero attached hydrogens (tertiary/aromatic N) is 2. The lowest BCUT2D eigenvalue weighted by Gasteiger charge is -2.40. The summed E-state index contributed by atoms with van der Waals surface area (Å²) < 4.78 is 0. The van der Waals surface area contributed by atoms with Gasteiger partial charge in [-0.3, -0.25) is 4.90 Å². The molecule has 3 nitrogen and oxygen atoms in total. The minimum Gasteiger partial charge on any atom is -0.389 e. The van der Waals surface area contributed by atoms with Gasteiger partial charge in [-0.05, 0) is 57.9 Å². The normalized spacial score (nSPS) is 22.2. The van der Waals surface area contributed by atoms with Crippen LogP contribution in [0.4, 0.5) is 11.4 Å². The molecule has 0 amide bonds. The van der Waals surface area contributed by atoms with Crippen LogP contribution in [-0.2, 0) is 0 Å². The van der Waals surface area contributed by atoms with Crippen molar-refractivity contribution >= 4 is 52.8 Å². The molecule has 0 saturated carbocycles. The van der Waals surface area contributed by atoms with E-state index in [1.807, 2.05) is 17.8 Å². The van der Waals surface area contributed by atoms with Crippen LogP contribution in [0.2, 0.25) is 0 Å². The van der Waals surface area contributed by atoms with Gasteiger partial charge in [0, 0.05) is 40.0 Å². The summed E-state index contributed by atoms with van der Waals surface area (Å²) in [6.07, 6.45) is 2.59. The Morgan fingerprint density at radius 1 is 1.11 bits per heavy atom. The fourth-order valence-corrected chi connectivity index (χ4v) is 5.59. The quantitative estimate of drug-likeness (QED) is 0.634. The number of thiocarbonyl (C=S) groups is 1. The van der Waals surface area contributed by atoms with Gasteiger partial charge in [-0.25, -0.2) is 0 Å². The predicted octanol–water partition coefficient (Wildman–Crippen LogP) is 5.61. The van der Waals surface area contributed by atoms with Crippen LogP contribution in [0.25, 0.3) is 0 Å². The van der Waals surface area contributed by atoms with Crippen LogP contribution in [0.15, 0.2) is 52.3 Å². The molecular weight excluding hydrogens is 406 g/mol. The van der Waals surface area contributed by atoms with E-state index in [-0.39, 0.29) is 12.4 Å². The minimum absolute atomic E-state index is 0. The number of nitrogens with two attached hydrogens (primary N) is 1. The molecule has 2 aliphatic heterocycles. The lowest BCUT2D eigenvalue weighted by Crippen LogP contribution is -2.44. The van der Waals surface area contributed by atoms with E-state index in [0.29, 0.717) is 23.1 Å². The van der Waals surface area contributed by atoms with Crippen molar-refractivity contribution in [2.75, 3.05) is 11.4 Å². The first-order valence-electron chi connectivity index (χ1n) is 9.71. The van der Waals surface area contributed by atoms with Gasteiger partial charge in [-0.2, -0.15) is 0 Å². The molecular formula is C22H28ClN3S2. The Labute approximate surface area is 184 Å². The average Bonchev–Trinajstić information content (AvgIpc) is 2.97. The highest BCUT2D eigenvalue weighted by atomic mass is 35.5. The zero-order valence-corrected chi connectivity index (χ0v) is 19.0. The van der Waals surface area contributed by atoms with Crippen LogP contribution in [0.3, 0.4) is 0 Å². The minimum atomic E-state index is 0. The second-order valence-electron chi connectivity index (χ2n) is 7.81. The average molecular weight is 434 g/mol. The van der Waals surface area contributed by atoms with Crippen molar-refractivity contribution in [1.82, 2.24) is 4.90 Å². The Kier molecular flexibility index (Phi) is 6.60. The van der Waals surface area contributed by atoms with Crippen molar-refractivity contribution < 1.29 is 0 Å². The van der Waals surface area contributed by atoms with E-state index in [0.717, 1.165) is 12.1 Å². The summed E-state index contributed by atoms with van der Waals surface area (Å²) in [5.74, 6) is 0. The Hall–Kier alpha value is -1.27. The van der Waals surface area contributed by atoms with Crippen LogP contribution in [0.5, 0.6) is 0 Å². The number of hydrogen-bond acceptors (Lipinski definition) is 4. The third-order valence-corrected chi connectivity index (χ3v) is 7.26. The molecule has 3 unspecified atom stereocenters. The summed E-state index contributed by atoms with van der Waals surface area (Å²) in [6.45, 7) is 8.10. The number of benzene rings is 2. The van der Waals surface area contributed by atoms with Gasteiger partial charge in [-0.1, -0.05) is 42.2 Å². The van der Waals surface area contributed by atoms with Crippen LogP contribution < -0.4 is 10.6 Å². The van der Waals surface area contributed by atoms with Crippen molar-refractivity contribution in [2.24, 2.45) is 5.73 Å². The monoisotopic (exact) mass is 433 g/mol. The van der Waals surface area contributed by atoms with Gasteiger partial charge >= 0.3 is 0 Å². The van der Waals surface area contributed by atoms with Crippen molar-refractivity contribution in [2.45, 2.75) is 61.5 Å². The van der Waals surface area contributed by atoms with Gasteiger partial charge in [0.05, 0.1) is 11.4 Å². The van der Waals surface area contributed by atoms with E-state index in [9.17, 15) is 0 Å². The lowest BCUT2D eigenvalue weighted by atomic mass is 10.1. The van der Waals surface area contributed by atoms with Gasteiger partial charge in [-0.15, -0.1) is 12.4 Å². The number of hydrogen-bond donors (Lipinski definition) is 1. The highest BCUT2D eigenvalue weighted by Gasteiger charge is 2.33. The number of fused-ring (bicyclic) bond motifs is 2. The van der Waals surface area contributed by atoms with Gasteiger partial charge < -0.3 is 10.6 Å². The van der Waals surface area contributed by atoms with Gasteiger partial charge in [0.25, 0.3) is 0 Å².